The number of aliphatic hydroxyl groups excluding tert-OH is 2. The van der Waals surface area contributed by atoms with Crippen molar-refractivity contribution in [2.75, 3.05) is 6.61 Å². The van der Waals surface area contributed by atoms with Gasteiger partial charge in [0.05, 0.1) is 18.8 Å². The molecule has 0 amide bonds. The van der Waals surface area contributed by atoms with Crippen LogP contribution in [0, 0.1) is 0 Å². The first-order chi connectivity index (χ1) is 10.7. The van der Waals surface area contributed by atoms with Crippen LogP contribution in [0.2, 0.25) is 0 Å². The van der Waals surface area contributed by atoms with Crippen LogP contribution in [0.15, 0.2) is 24.3 Å². The molecule has 1 aromatic rings. The van der Waals surface area contributed by atoms with Gasteiger partial charge in [-0.2, -0.15) is 0 Å². The van der Waals surface area contributed by atoms with Crippen LogP contribution < -0.4 is 5.73 Å². The monoisotopic (exact) mass is 307 g/mol. The van der Waals surface area contributed by atoms with E-state index in [1.165, 1.54) is 49.7 Å². The maximum atomic E-state index is 9.88. The molecule has 3 heteroatoms. The second-order valence-electron chi connectivity index (χ2n) is 6.24. The van der Waals surface area contributed by atoms with Crippen molar-refractivity contribution >= 4 is 0 Å². The summed E-state index contributed by atoms with van der Waals surface area (Å²) < 4.78 is 0. The van der Waals surface area contributed by atoms with Gasteiger partial charge >= 0.3 is 0 Å². The van der Waals surface area contributed by atoms with E-state index in [9.17, 15) is 5.11 Å². The quantitative estimate of drug-likeness (QED) is 0.519. The molecule has 0 saturated carbocycles. The van der Waals surface area contributed by atoms with Gasteiger partial charge in [-0.15, -0.1) is 0 Å². The Hall–Kier alpha value is -0.900. The molecule has 0 heterocycles. The van der Waals surface area contributed by atoms with Crippen molar-refractivity contribution in [3.8, 4) is 0 Å². The molecule has 0 aromatic heterocycles. The van der Waals surface area contributed by atoms with E-state index in [0.717, 1.165) is 12.8 Å². The minimum Gasteiger partial charge on any atom is -0.395 e. The van der Waals surface area contributed by atoms with E-state index in [-0.39, 0.29) is 6.61 Å². The van der Waals surface area contributed by atoms with Crippen molar-refractivity contribution in [3.05, 3.63) is 35.4 Å². The molecule has 0 spiro atoms. The summed E-state index contributed by atoms with van der Waals surface area (Å²) in [5.74, 6) is 0. The number of aliphatic hydroxyl groups is 2. The summed E-state index contributed by atoms with van der Waals surface area (Å²) in [7, 11) is 0. The van der Waals surface area contributed by atoms with Gasteiger partial charge in [-0.25, -0.2) is 0 Å². The molecule has 0 radical (unpaired) electrons. The van der Waals surface area contributed by atoms with Crippen LogP contribution in [-0.4, -0.2) is 29.0 Å². The van der Waals surface area contributed by atoms with E-state index >= 15 is 0 Å². The van der Waals surface area contributed by atoms with Gasteiger partial charge in [0, 0.05) is 0 Å². The van der Waals surface area contributed by atoms with Crippen molar-refractivity contribution in [1.82, 2.24) is 0 Å². The van der Waals surface area contributed by atoms with Crippen LogP contribution in [-0.2, 0) is 12.8 Å². The normalized spacial score (nSPS) is 14.0. The van der Waals surface area contributed by atoms with Gasteiger partial charge in [0.1, 0.15) is 0 Å². The first-order valence-electron chi connectivity index (χ1n) is 8.80. The molecule has 2 atom stereocenters. The average Bonchev–Trinajstić information content (AvgIpc) is 2.55. The van der Waals surface area contributed by atoms with Gasteiger partial charge in [-0.3, -0.25) is 0 Å². The lowest BCUT2D eigenvalue weighted by Gasteiger charge is -2.17. The van der Waals surface area contributed by atoms with E-state index in [0.29, 0.717) is 6.42 Å². The standard InChI is InChI=1S/C19H33NO2/c1-2-3-4-5-6-7-10-16-11-8-9-12-17(16)13-14-19(22)18(20)15-21/h8-9,11-12,18-19,21-22H,2-7,10,13-15,20H2,1H3. The minimum absolute atomic E-state index is 0.166. The number of unbranched alkanes of at least 4 members (excludes halogenated alkanes) is 5. The van der Waals surface area contributed by atoms with Crippen LogP contribution in [0.4, 0.5) is 0 Å². The molecule has 0 fully saturated rings. The number of aryl methyl sites for hydroxylation is 2. The molecule has 1 aromatic carbocycles. The average molecular weight is 307 g/mol. The zero-order valence-corrected chi connectivity index (χ0v) is 14.0. The van der Waals surface area contributed by atoms with Gasteiger partial charge in [0.2, 0.25) is 0 Å². The first-order valence-corrected chi connectivity index (χ1v) is 8.80. The molecule has 0 aliphatic rings. The van der Waals surface area contributed by atoms with Gasteiger partial charge in [0.15, 0.2) is 0 Å². The SMILES string of the molecule is CCCCCCCCc1ccccc1CCC(O)C(N)CO. The molecular formula is C19H33NO2. The molecule has 1 rings (SSSR count). The highest BCUT2D eigenvalue weighted by Crippen LogP contribution is 2.16. The topological polar surface area (TPSA) is 66.5 Å². The highest BCUT2D eigenvalue weighted by molar-refractivity contribution is 5.27. The molecule has 0 bridgehead atoms. The molecular weight excluding hydrogens is 274 g/mol. The summed E-state index contributed by atoms with van der Waals surface area (Å²) in [6.45, 7) is 2.08. The Morgan fingerprint density at radius 3 is 2.18 bits per heavy atom. The predicted octanol–water partition coefficient (Wildman–Crippen LogP) is 3.20. The zero-order valence-electron chi connectivity index (χ0n) is 14.0. The molecule has 126 valence electrons. The second kappa shape index (κ2) is 11.6. The fourth-order valence-electron chi connectivity index (χ4n) is 2.78. The van der Waals surface area contributed by atoms with Crippen LogP contribution >= 0.6 is 0 Å². The molecule has 4 N–H and O–H groups in total. The van der Waals surface area contributed by atoms with Crippen molar-refractivity contribution in [2.24, 2.45) is 5.73 Å². The number of rotatable bonds is 12. The van der Waals surface area contributed by atoms with Gasteiger partial charge in [-0.1, -0.05) is 63.3 Å². The van der Waals surface area contributed by atoms with Crippen molar-refractivity contribution < 1.29 is 10.2 Å². The van der Waals surface area contributed by atoms with Crippen molar-refractivity contribution in [3.63, 3.8) is 0 Å². The third kappa shape index (κ3) is 7.39. The van der Waals surface area contributed by atoms with E-state index in [2.05, 4.69) is 31.2 Å². The Balaban J connectivity index is 2.38. The van der Waals surface area contributed by atoms with Crippen LogP contribution in [0.25, 0.3) is 0 Å². The van der Waals surface area contributed by atoms with Gasteiger partial charge < -0.3 is 15.9 Å². The third-order valence-electron chi connectivity index (χ3n) is 4.33. The molecule has 0 aliphatic carbocycles. The Bertz CT molecular complexity index is 395. The lowest BCUT2D eigenvalue weighted by molar-refractivity contribution is 0.102. The summed E-state index contributed by atoms with van der Waals surface area (Å²) in [4.78, 5) is 0. The summed E-state index contributed by atoms with van der Waals surface area (Å²) in [5.41, 5.74) is 8.35. The van der Waals surface area contributed by atoms with Crippen molar-refractivity contribution in [1.29, 1.82) is 0 Å². The smallest absolute Gasteiger partial charge is 0.0716 e. The summed E-state index contributed by atoms with van der Waals surface area (Å²) in [5, 5.41) is 18.9. The van der Waals surface area contributed by atoms with Crippen LogP contribution in [0.5, 0.6) is 0 Å². The first kappa shape index (κ1) is 19.1. The van der Waals surface area contributed by atoms with Crippen molar-refractivity contribution in [2.45, 2.75) is 76.9 Å². The molecule has 3 nitrogen and oxygen atoms in total. The Morgan fingerprint density at radius 2 is 1.55 bits per heavy atom. The predicted molar refractivity (Wildman–Crippen MR) is 92.9 cm³/mol. The maximum Gasteiger partial charge on any atom is 0.0716 e. The zero-order chi connectivity index (χ0) is 16.2. The summed E-state index contributed by atoms with van der Waals surface area (Å²) in [6, 6.07) is 7.94. The Morgan fingerprint density at radius 1 is 0.955 bits per heavy atom. The van der Waals surface area contributed by atoms with E-state index < -0.39 is 12.1 Å². The van der Waals surface area contributed by atoms with Gasteiger partial charge in [0.25, 0.3) is 0 Å². The number of hydrogen-bond donors (Lipinski definition) is 3. The minimum atomic E-state index is -0.632. The van der Waals surface area contributed by atoms with E-state index in [4.69, 9.17) is 10.8 Å². The summed E-state index contributed by atoms with van der Waals surface area (Å²) >= 11 is 0. The highest BCUT2D eigenvalue weighted by Gasteiger charge is 2.14. The molecule has 2 unspecified atom stereocenters. The molecule has 22 heavy (non-hydrogen) atoms. The number of hydrogen-bond acceptors (Lipinski definition) is 3. The fraction of sp³-hybridized carbons (Fsp3) is 0.684. The Kier molecular flexibility index (Phi) is 10.1. The maximum absolute atomic E-state index is 9.88. The van der Waals surface area contributed by atoms with Crippen LogP contribution in [0.1, 0.15) is 63.0 Å². The lowest BCUT2D eigenvalue weighted by atomic mass is 9.95. The van der Waals surface area contributed by atoms with Gasteiger partial charge in [-0.05, 0) is 36.8 Å². The van der Waals surface area contributed by atoms with Crippen LogP contribution in [0.3, 0.4) is 0 Å². The molecule has 0 aliphatic heterocycles. The largest absolute Gasteiger partial charge is 0.395 e. The summed E-state index contributed by atoms with van der Waals surface area (Å²) in [6.07, 6.45) is 9.77. The third-order valence-corrected chi connectivity index (χ3v) is 4.33. The van der Waals surface area contributed by atoms with E-state index in [1.807, 2.05) is 0 Å². The molecule has 0 saturated heterocycles. The highest BCUT2D eigenvalue weighted by atomic mass is 16.3. The number of nitrogens with two attached hydrogens (primary N) is 1. The fourth-order valence-corrected chi connectivity index (χ4v) is 2.78. The Labute approximate surface area is 135 Å². The second-order valence-corrected chi connectivity index (χ2v) is 6.24. The number of benzene rings is 1. The van der Waals surface area contributed by atoms with E-state index in [1.54, 1.807) is 0 Å². The lowest BCUT2D eigenvalue weighted by Crippen LogP contribution is -2.38.